The second-order valence-corrected chi connectivity index (χ2v) is 13.2. The summed E-state index contributed by atoms with van der Waals surface area (Å²) in [4.78, 5) is 3.18. The number of alkyl halides is 3. The predicted octanol–water partition coefficient (Wildman–Crippen LogP) is 5.43. The number of fused-ring (bicyclic) bond motifs is 1. The Morgan fingerprint density at radius 1 is 1.26 bits per heavy atom. The fourth-order valence-corrected chi connectivity index (χ4v) is 6.84. The van der Waals surface area contributed by atoms with Gasteiger partial charge in [0, 0.05) is 30.1 Å². The molecule has 2 atom stereocenters. The van der Waals surface area contributed by atoms with E-state index in [4.69, 9.17) is 5.26 Å². The summed E-state index contributed by atoms with van der Waals surface area (Å²) in [6, 6.07) is 5.98. The van der Waals surface area contributed by atoms with Gasteiger partial charge in [0.1, 0.15) is 0 Å². The molecule has 122 valence electrons. The zero-order valence-electron chi connectivity index (χ0n) is 13.6. The van der Waals surface area contributed by atoms with E-state index in [0.29, 0.717) is 16.4 Å². The third-order valence-corrected chi connectivity index (χ3v) is 8.01. The van der Waals surface area contributed by atoms with Crippen molar-refractivity contribution in [1.29, 1.82) is 5.26 Å². The van der Waals surface area contributed by atoms with E-state index in [0.717, 1.165) is 18.2 Å². The molecule has 1 fully saturated rings. The summed E-state index contributed by atoms with van der Waals surface area (Å²) in [5, 5.41) is 9.69. The van der Waals surface area contributed by atoms with Crippen molar-refractivity contribution in [3.63, 3.8) is 0 Å². The van der Waals surface area contributed by atoms with Crippen LogP contribution in [0.3, 0.4) is 0 Å². The summed E-state index contributed by atoms with van der Waals surface area (Å²) in [7, 11) is -1.30. The van der Waals surface area contributed by atoms with Gasteiger partial charge in [-0.3, -0.25) is 0 Å². The van der Waals surface area contributed by atoms with E-state index < -0.39 is 19.8 Å². The van der Waals surface area contributed by atoms with Gasteiger partial charge in [0.15, 0.2) is 0 Å². The molecule has 0 radical (unpaired) electrons. The van der Waals surface area contributed by atoms with E-state index in [1.54, 1.807) is 6.07 Å². The molecule has 1 aromatic carbocycles. The van der Waals surface area contributed by atoms with E-state index in [1.165, 1.54) is 6.07 Å². The van der Waals surface area contributed by atoms with Crippen LogP contribution in [0.4, 0.5) is 13.2 Å². The van der Waals surface area contributed by atoms with Crippen LogP contribution in [0.1, 0.15) is 30.2 Å². The molecule has 1 aromatic heterocycles. The summed E-state index contributed by atoms with van der Waals surface area (Å²) < 4.78 is 39.2. The van der Waals surface area contributed by atoms with Crippen LogP contribution in [0, 0.1) is 11.3 Å². The van der Waals surface area contributed by atoms with Crippen molar-refractivity contribution >= 4 is 19.0 Å². The second-order valence-electron chi connectivity index (χ2n) is 7.82. The van der Waals surface area contributed by atoms with Crippen LogP contribution in [-0.4, -0.2) is 13.1 Å². The van der Waals surface area contributed by atoms with E-state index in [-0.39, 0.29) is 11.0 Å². The maximum atomic E-state index is 13.1. The highest BCUT2D eigenvalue weighted by atomic mass is 28.3. The number of H-pyrrole nitrogens is 1. The SMILES string of the molecule is CC1(c2cc3cc(C#N)c(C(F)(F)F)cc3[nH]2)CC1[Si](C)(C)C. The van der Waals surface area contributed by atoms with Gasteiger partial charge in [0.2, 0.25) is 0 Å². The molecule has 1 aliphatic rings. The Hall–Kier alpha value is -1.74. The summed E-state index contributed by atoms with van der Waals surface area (Å²) in [5.74, 6) is 0. The minimum absolute atomic E-state index is 0.0225. The van der Waals surface area contributed by atoms with Crippen LogP contribution >= 0.6 is 0 Å². The number of aromatic nitrogens is 1. The molecule has 23 heavy (non-hydrogen) atoms. The molecule has 0 amide bonds. The van der Waals surface area contributed by atoms with Crippen molar-refractivity contribution in [1.82, 2.24) is 4.98 Å². The van der Waals surface area contributed by atoms with Gasteiger partial charge < -0.3 is 4.98 Å². The second kappa shape index (κ2) is 4.64. The van der Waals surface area contributed by atoms with E-state index in [9.17, 15) is 13.2 Å². The minimum Gasteiger partial charge on any atom is -0.358 e. The average Bonchev–Trinajstić information content (AvgIpc) is 2.96. The first-order valence-electron chi connectivity index (χ1n) is 7.61. The van der Waals surface area contributed by atoms with E-state index >= 15 is 0 Å². The largest absolute Gasteiger partial charge is 0.417 e. The predicted molar refractivity (Wildman–Crippen MR) is 87.1 cm³/mol. The van der Waals surface area contributed by atoms with Gasteiger partial charge in [0.05, 0.1) is 17.2 Å². The monoisotopic (exact) mass is 336 g/mol. The number of nitriles is 1. The summed E-state index contributed by atoms with van der Waals surface area (Å²) in [5.41, 5.74) is 0.897. The van der Waals surface area contributed by atoms with Crippen LogP contribution in [-0.2, 0) is 11.6 Å². The highest BCUT2D eigenvalue weighted by Crippen LogP contribution is 2.63. The van der Waals surface area contributed by atoms with Gasteiger partial charge in [-0.2, -0.15) is 18.4 Å². The number of nitrogens with one attached hydrogen (secondary N) is 1. The molecule has 0 bridgehead atoms. The van der Waals surface area contributed by atoms with Gasteiger partial charge in [-0.1, -0.05) is 26.6 Å². The Morgan fingerprint density at radius 3 is 2.39 bits per heavy atom. The molecular weight excluding hydrogens is 317 g/mol. The molecule has 1 N–H and O–H groups in total. The number of rotatable bonds is 2. The van der Waals surface area contributed by atoms with Crippen molar-refractivity contribution in [3.05, 3.63) is 35.0 Å². The lowest BCUT2D eigenvalue weighted by Gasteiger charge is -2.19. The van der Waals surface area contributed by atoms with Gasteiger partial charge in [-0.25, -0.2) is 0 Å². The quantitative estimate of drug-likeness (QED) is 0.730. The third-order valence-electron chi connectivity index (χ3n) is 5.08. The van der Waals surface area contributed by atoms with E-state index in [2.05, 4.69) is 31.5 Å². The molecule has 1 saturated carbocycles. The maximum absolute atomic E-state index is 13.1. The van der Waals surface area contributed by atoms with Crippen LogP contribution in [0.15, 0.2) is 18.2 Å². The first kappa shape index (κ1) is 16.1. The molecular formula is C17H19F3N2Si. The van der Waals surface area contributed by atoms with Crippen molar-refractivity contribution in [2.75, 3.05) is 0 Å². The number of halogens is 3. The van der Waals surface area contributed by atoms with Crippen molar-refractivity contribution in [3.8, 4) is 6.07 Å². The van der Waals surface area contributed by atoms with Crippen LogP contribution < -0.4 is 0 Å². The first-order chi connectivity index (χ1) is 10.5. The minimum atomic E-state index is -4.52. The maximum Gasteiger partial charge on any atom is 0.417 e. The fraction of sp³-hybridized carbons (Fsp3) is 0.471. The number of hydrogen-bond donors (Lipinski definition) is 1. The fourth-order valence-electron chi connectivity index (χ4n) is 3.74. The molecule has 0 aliphatic heterocycles. The molecule has 2 nitrogen and oxygen atoms in total. The van der Waals surface area contributed by atoms with E-state index in [1.807, 2.05) is 6.07 Å². The number of aromatic amines is 1. The Bertz CT molecular complexity index is 823. The average molecular weight is 336 g/mol. The third kappa shape index (κ3) is 2.57. The zero-order chi connectivity index (χ0) is 17.2. The lowest BCUT2D eigenvalue weighted by molar-refractivity contribution is -0.137. The Labute approximate surface area is 134 Å². The Kier molecular flexibility index (Phi) is 3.25. The van der Waals surface area contributed by atoms with Crippen molar-refractivity contribution < 1.29 is 13.2 Å². The molecule has 1 heterocycles. The summed E-state index contributed by atoms with van der Waals surface area (Å²) in [6.07, 6.45) is -3.44. The first-order valence-corrected chi connectivity index (χ1v) is 11.2. The molecule has 0 spiro atoms. The number of nitrogens with zero attached hydrogens (tertiary/aromatic N) is 1. The van der Waals surface area contributed by atoms with Crippen LogP contribution in [0.5, 0.6) is 0 Å². The molecule has 6 heteroatoms. The topological polar surface area (TPSA) is 39.6 Å². The number of hydrogen-bond acceptors (Lipinski definition) is 1. The number of benzene rings is 1. The van der Waals surface area contributed by atoms with Crippen LogP contribution in [0.2, 0.25) is 25.2 Å². The molecule has 1 aliphatic carbocycles. The smallest absolute Gasteiger partial charge is 0.358 e. The lowest BCUT2D eigenvalue weighted by Crippen LogP contribution is -2.24. The highest BCUT2D eigenvalue weighted by Gasteiger charge is 2.57. The standard InChI is InChI=1S/C17H19F3N2Si/c1-16(8-15(16)23(2,3)4)14-6-10-5-11(9-21)12(17(18,19)20)7-13(10)22-14/h5-7,15,22H,8H2,1-4H3. The Morgan fingerprint density at radius 2 is 1.91 bits per heavy atom. The highest BCUT2D eigenvalue weighted by molar-refractivity contribution is 6.78. The molecule has 3 rings (SSSR count). The lowest BCUT2D eigenvalue weighted by atomic mass is 10.0. The van der Waals surface area contributed by atoms with Gasteiger partial charge in [-0.15, -0.1) is 0 Å². The Balaban J connectivity index is 2.10. The normalized spacial score (nSPS) is 24.7. The summed E-state index contributed by atoms with van der Waals surface area (Å²) >= 11 is 0. The summed E-state index contributed by atoms with van der Waals surface area (Å²) in [6.45, 7) is 9.14. The van der Waals surface area contributed by atoms with Gasteiger partial charge >= 0.3 is 6.18 Å². The molecule has 2 unspecified atom stereocenters. The van der Waals surface area contributed by atoms with Gasteiger partial charge in [0.25, 0.3) is 0 Å². The van der Waals surface area contributed by atoms with Crippen LogP contribution in [0.25, 0.3) is 10.9 Å². The molecule has 0 saturated heterocycles. The van der Waals surface area contributed by atoms with Gasteiger partial charge in [-0.05, 0) is 30.2 Å². The molecule has 2 aromatic rings. The van der Waals surface area contributed by atoms with Crippen molar-refractivity contribution in [2.45, 2.75) is 50.1 Å². The van der Waals surface area contributed by atoms with Crippen molar-refractivity contribution in [2.24, 2.45) is 0 Å². The zero-order valence-corrected chi connectivity index (χ0v) is 14.6.